The highest BCUT2D eigenvalue weighted by Crippen LogP contribution is 2.22. The van der Waals surface area contributed by atoms with Crippen molar-refractivity contribution >= 4 is 5.91 Å². The molecule has 1 heterocycles. The highest BCUT2D eigenvalue weighted by Gasteiger charge is 2.30. The predicted octanol–water partition coefficient (Wildman–Crippen LogP) is 3.24. The van der Waals surface area contributed by atoms with Crippen LogP contribution in [-0.2, 0) is 9.47 Å². The summed E-state index contributed by atoms with van der Waals surface area (Å²) >= 11 is 0. The molecule has 2 aromatic carbocycles. The van der Waals surface area contributed by atoms with Crippen molar-refractivity contribution in [3.63, 3.8) is 0 Å². The summed E-state index contributed by atoms with van der Waals surface area (Å²) in [4.78, 5) is 12.2. The Morgan fingerprint density at radius 1 is 1.00 bits per heavy atom. The smallest absolute Gasteiger partial charge is 0.251 e. The SMILES string of the molecule is CC1(CCNC(=O)c2ccc(-c3ccccc3)cc2)OCCO1. The molecule has 0 aliphatic carbocycles. The lowest BCUT2D eigenvalue weighted by atomic mass is 10.0. The first-order valence-corrected chi connectivity index (χ1v) is 7.88. The summed E-state index contributed by atoms with van der Waals surface area (Å²) < 4.78 is 11.0. The van der Waals surface area contributed by atoms with E-state index in [4.69, 9.17) is 9.47 Å². The van der Waals surface area contributed by atoms with Gasteiger partial charge in [-0.2, -0.15) is 0 Å². The number of benzene rings is 2. The van der Waals surface area contributed by atoms with Gasteiger partial charge in [0.25, 0.3) is 5.91 Å². The van der Waals surface area contributed by atoms with Gasteiger partial charge in [0.15, 0.2) is 5.79 Å². The van der Waals surface area contributed by atoms with Gasteiger partial charge in [0, 0.05) is 18.5 Å². The third-order valence-electron chi connectivity index (χ3n) is 4.02. The molecule has 1 aliphatic rings. The van der Waals surface area contributed by atoms with Crippen LogP contribution in [-0.4, -0.2) is 31.5 Å². The zero-order valence-corrected chi connectivity index (χ0v) is 13.2. The summed E-state index contributed by atoms with van der Waals surface area (Å²) in [5, 5.41) is 2.91. The molecule has 4 heteroatoms. The topological polar surface area (TPSA) is 47.6 Å². The number of hydrogen-bond acceptors (Lipinski definition) is 3. The zero-order valence-electron chi connectivity index (χ0n) is 13.2. The van der Waals surface area contributed by atoms with E-state index in [1.54, 1.807) is 0 Å². The van der Waals surface area contributed by atoms with Crippen LogP contribution in [0.3, 0.4) is 0 Å². The van der Waals surface area contributed by atoms with E-state index >= 15 is 0 Å². The van der Waals surface area contributed by atoms with E-state index in [1.807, 2.05) is 49.4 Å². The Morgan fingerprint density at radius 2 is 1.61 bits per heavy atom. The molecule has 0 aromatic heterocycles. The molecule has 1 amide bonds. The van der Waals surface area contributed by atoms with Gasteiger partial charge >= 0.3 is 0 Å². The molecular formula is C19H21NO3. The second-order valence-electron chi connectivity index (χ2n) is 5.78. The van der Waals surface area contributed by atoms with Crippen LogP contribution in [0.25, 0.3) is 11.1 Å². The van der Waals surface area contributed by atoms with Crippen molar-refractivity contribution in [1.82, 2.24) is 5.32 Å². The van der Waals surface area contributed by atoms with Gasteiger partial charge < -0.3 is 14.8 Å². The van der Waals surface area contributed by atoms with Crippen LogP contribution >= 0.6 is 0 Å². The van der Waals surface area contributed by atoms with E-state index in [1.165, 1.54) is 0 Å². The Kier molecular flexibility index (Phi) is 4.74. The van der Waals surface area contributed by atoms with E-state index in [0.717, 1.165) is 11.1 Å². The first-order chi connectivity index (χ1) is 11.2. The predicted molar refractivity (Wildman–Crippen MR) is 89.1 cm³/mol. The molecule has 1 N–H and O–H groups in total. The summed E-state index contributed by atoms with van der Waals surface area (Å²) in [6.45, 7) is 3.66. The van der Waals surface area contributed by atoms with Crippen LogP contribution in [0.1, 0.15) is 23.7 Å². The van der Waals surface area contributed by atoms with E-state index in [9.17, 15) is 4.79 Å². The minimum atomic E-state index is -0.565. The summed E-state index contributed by atoms with van der Waals surface area (Å²) in [6.07, 6.45) is 0.640. The van der Waals surface area contributed by atoms with Gasteiger partial charge in [0.05, 0.1) is 13.2 Å². The highest BCUT2D eigenvalue weighted by atomic mass is 16.7. The van der Waals surface area contributed by atoms with E-state index in [0.29, 0.717) is 31.7 Å². The number of nitrogens with one attached hydrogen (secondary N) is 1. The van der Waals surface area contributed by atoms with Crippen LogP contribution in [0.4, 0.5) is 0 Å². The van der Waals surface area contributed by atoms with Crippen LogP contribution in [0, 0.1) is 0 Å². The summed E-state index contributed by atoms with van der Waals surface area (Å²) in [5.41, 5.74) is 2.90. The summed E-state index contributed by atoms with van der Waals surface area (Å²) in [5.74, 6) is -0.643. The quantitative estimate of drug-likeness (QED) is 0.922. The maximum atomic E-state index is 12.2. The molecule has 1 fully saturated rings. The third-order valence-corrected chi connectivity index (χ3v) is 4.02. The normalized spacial score (nSPS) is 16.2. The molecule has 120 valence electrons. The largest absolute Gasteiger partial charge is 0.352 e. The van der Waals surface area contributed by atoms with Crippen molar-refractivity contribution < 1.29 is 14.3 Å². The molecule has 3 rings (SSSR count). The number of amides is 1. The first-order valence-electron chi connectivity index (χ1n) is 7.88. The minimum absolute atomic E-state index is 0.0776. The van der Waals surface area contributed by atoms with Gasteiger partial charge in [-0.25, -0.2) is 0 Å². The number of carbonyl (C=O) groups excluding carboxylic acids is 1. The summed E-state index contributed by atoms with van der Waals surface area (Å²) in [7, 11) is 0. The monoisotopic (exact) mass is 311 g/mol. The van der Waals surface area contributed by atoms with Gasteiger partial charge in [-0.1, -0.05) is 42.5 Å². The van der Waals surface area contributed by atoms with Crippen LogP contribution in [0.15, 0.2) is 54.6 Å². The first kappa shape index (κ1) is 15.7. The second-order valence-corrected chi connectivity index (χ2v) is 5.78. The maximum absolute atomic E-state index is 12.2. The third kappa shape index (κ3) is 3.97. The fraction of sp³-hybridized carbons (Fsp3) is 0.316. The van der Waals surface area contributed by atoms with Crippen molar-refractivity contribution in [3.8, 4) is 11.1 Å². The Morgan fingerprint density at radius 3 is 2.26 bits per heavy atom. The molecule has 4 nitrogen and oxygen atoms in total. The Labute approximate surface area is 136 Å². The molecular weight excluding hydrogens is 290 g/mol. The lowest BCUT2D eigenvalue weighted by Gasteiger charge is -2.22. The van der Waals surface area contributed by atoms with E-state index in [-0.39, 0.29) is 5.91 Å². The second kappa shape index (κ2) is 6.94. The molecule has 2 aromatic rings. The Hall–Kier alpha value is -2.17. The van der Waals surface area contributed by atoms with Crippen molar-refractivity contribution in [2.45, 2.75) is 19.1 Å². The molecule has 0 atom stereocenters. The van der Waals surface area contributed by atoms with Gasteiger partial charge in [-0.15, -0.1) is 0 Å². The van der Waals surface area contributed by atoms with Gasteiger partial charge in [-0.3, -0.25) is 4.79 Å². The van der Waals surface area contributed by atoms with Crippen LogP contribution < -0.4 is 5.32 Å². The standard InChI is InChI=1S/C19H21NO3/c1-19(22-13-14-23-19)11-12-20-18(21)17-9-7-16(8-10-17)15-5-3-2-4-6-15/h2-10H,11-14H2,1H3,(H,20,21). The molecule has 1 saturated heterocycles. The fourth-order valence-electron chi connectivity index (χ4n) is 2.65. The van der Waals surface area contributed by atoms with E-state index in [2.05, 4.69) is 17.4 Å². The molecule has 0 spiro atoms. The van der Waals surface area contributed by atoms with Gasteiger partial charge in [0.1, 0.15) is 0 Å². The van der Waals surface area contributed by atoms with Crippen molar-refractivity contribution in [2.75, 3.05) is 19.8 Å². The Balaban J connectivity index is 1.55. The van der Waals surface area contributed by atoms with E-state index < -0.39 is 5.79 Å². The number of carbonyl (C=O) groups is 1. The highest BCUT2D eigenvalue weighted by molar-refractivity contribution is 5.94. The van der Waals surface area contributed by atoms with Crippen molar-refractivity contribution in [2.24, 2.45) is 0 Å². The molecule has 0 radical (unpaired) electrons. The van der Waals surface area contributed by atoms with Crippen molar-refractivity contribution in [1.29, 1.82) is 0 Å². The average molecular weight is 311 g/mol. The average Bonchev–Trinajstić information content (AvgIpc) is 3.02. The molecule has 0 bridgehead atoms. The maximum Gasteiger partial charge on any atom is 0.251 e. The number of ether oxygens (including phenoxy) is 2. The Bertz CT molecular complexity index is 646. The van der Waals surface area contributed by atoms with Gasteiger partial charge in [-0.05, 0) is 30.2 Å². The number of hydrogen-bond donors (Lipinski definition) is 1. The molecule has 1 aliphatic heterocycles. The molecule has 0 saturated carbocycles. The zero-order chi connectivity index (χ0) is 16.1. The minimum Gasteiger partial charge on any atom is -0.352 e. The lowest BCUT2D eigenvalue weighted by Crippen LogP contribution is -2.33. The number of rotatable bonds is 5. The van der Waals surface area contributed by atoms with Crippen LogP contribution in [0.5, 0.6) is 0 Å². The summed E-state index contributed by atoms with van der Waals surface area (Å²) in [6, 6.07) is 17.7. The van der Waals surface area contributed by atoms with Gasteiger partial charge in [0.2, 0.25) is 0 Å². The van der Waals surface area contributed by atoms with Crippen LogP contribution in [0.2, 0.25) is 0 Å². The fourth-order valence-corrected chi connectivity index (χ4v) is 2.65. The van der Waals surface area contributed by atoms with Crippen molar-refractivity contribution in [3.05, 3.63) is 60.2 Å². The molecule has 23 heavy (non-hydrogen) atoms. The lowest BCUT2D eigenvalue weighted by molar-refractivity contribution is -0.145. The molecule has 0 unspecified atom stereocenters.